The number of rotatable bonds is 11. The fourth-order valence-electron chi connectivity index (χ4n) is 4.00. The Morgan fingerprint density at radius 1 is 1.19 bits per heavy atom. The Labute approximate surface area is 184 Å². The normalized spacial score (nSPS) is 17.3. The third-order valence-corrected chi connectivity index (χ3v) is 5.73. The van der Waals surface area contributed by atoms with Crippen molar-refractivity contribution in [2.24, 2.45) is 0 Å². The highest BCUT2D eigenvalue weighted by molar-refractivity contribution is 6.02. The van der Waals surface area contributed by atoms with Crippen LogP contribution in [0, 0.1) is 0 Å². The summed E-state index contributed by atoms with van der Waals surface area (Å²) in [5.41, 5.74) is 1.09. The van der Waals surface area contributed by atoms with Crippen molar-refractivity contribution in [3.05, 3.63) is 59.9 Å². The first-order valence-corrected chi connectivity index (χ1v) is 11.2. The Bertz CT molecular complexity index is 838. The predicted octanol–water partition coefficient (Wildman–Crippen LogP) is 4.25. The number of esters is 1. The van der Waals surface area contributed by atoms with Crippen LogP contribution in [0.25, 0.3) is 0 Å². The van der Waals surface area contributed by atoms with Crippen LogP contribution in [0.2, 0.25) is 0 Å². The predicted molar refractivity (Wildman–Crippen MR) is 119 cm³/mol. The van der Waals surface area contributed by atoms with Crippen LogP contribution >= 0.6 is 0 Å². The van der Waals surface area contributed by atoms with Crippen LogP contribution in [0.5, 0.6) is 5.75 Å². The lowest BCUT2D eigenvalue weighted by molar-refractivity contribution is -0.143. The molecule has 0 bridgehead atoms. The van der Waals surface area contributed by atoms with Gasteiger partial charge in [0.1, 0.15) is 5.75 Å². The molecule has 2 heterocycles. The molecule has 0 amide bonds. The van der Waals surface area contributed by atoms with E-state index < -0.39 is 11.9 Å². The van der Waals surface area contributed by atoms with Crippen LogP contribution in [-0.2, 0) is 9.53 Å². The zero-order chi connectivity index (χ0) is 22.1. The molecule has 1 aromatic heterocycles. The number of hydrogen-bond acceptors (Lipinski definition) is 6. The summed E-state index contributed by atoms with van der Waals surface area (Å²) in [6, 6.07) is 13.2. The minimum atomic E-state index is -0.672. The van der Waals surface area contributed by atoms with Crippen molar-refractivity contribution in [2.45, 2.75) is 51.5 Å². The number of hydrogen-bond donors (Lipinski definition) is 0. The van der Waals surface area contributed by atoms with Crippen LogP contribution in [0.4, 0.5) is 0 Å². The lowest BCUT2D eigenvalue weighted by Crippen LogP contribution is -2.28. The van der Waals surface area contributed by atoms with Crippen LogP contribution in [0.15, 0.2) is 48.7 Å². The van der Waals surface area contributed by atoms with E-state index in [9.17, 15) is 9.59 Å². The van der Waals surface area contributed by atoms with E-state index in [2.05, 4.69) is 16.8 Å². The van der Waals surface area contributed by atoms with Gasteiger partial charge in [0.2, 0.25) is 0 Å². The molecule has 1 saturated heterocycles. The zero-order valence-electron chi connectivity index (χ0n) is 18.5. The lowest BCUT2D eigenvalue weighted by atomic mass is 9.91. The molecule has 1 aliphatic rings. The smallest absolute Gasteiger partial charge is 0.306 e. The molecule has 2 unspecified atom stereocenters. The van der Waals surface area contributed by atoms with E-state index >= 15 is 0 Å². The van der Waals surface area contributed by atoms with Gasteiger partial charge in [-0.25, -0.2) is 0 Å². The van der Waals surface area contributed by atoms with Gasteiger partial charge in [-0.1, -0.05) is 6.07 Å². The monoisotopic (exact) mass is 424 g/mol. The molecule has 0 aliphatic carbocycles. The highest BCUT2D eigenvalue weighted by atomic mass is 16.5. The second-order valence-corrected chi connectivity index (χ2v) is 7.93. The number of ketones is 1. The zero-order valence-corrected chi connectivity index (χ0v) is 18.5. The molecular weight excluding hydrogens is 392 g/mol. The van der Waals surface area contributed by atoms with Gasteiger partial charge in [-0.15, -0.1) is 0 Å². The fourth-order valence-corrected chi connectivity index (χ4v) is 4.00. The van der Waals surface area contributed by atoms with E-state index in [1.54, 1.807) is 37.4 Å². The molecule has 166 valence electrons. The minimum Gasteiger partial charge on any atom is -0.494 e. The highest BCUT2D eigenvalue weighted by Gasteiger charge is 2.27. The van der Waals surface area contributed by atoms with Crippen molar-refractivity contribution >= 4 is 11.8 Å². The van der Waals surface area contributed by atoms with Gasteiger partial charge in [0.25, 0.3) is 0 Å². The summed E-state index contributed by atoms with van der Waals surface area (Å²) in [4.78, 5) is 32.0. The number of carbonyl (C=O) groups is 2. The van der Waals surface area contributed by atoms with E-state index in [1.165, 1.54) is 19.4 Å². The average molecular weight is 425 g/mol. The summed E-state index contributed by atoms with van der Waals surface area (Å²) in [6.07, 6.45) is 5.14. The van der Waals surface area contributed by atoms with Crippen molar-refractivity contribution < 1.29 is 19.1 Å². The van der Waals surface area contributed by atoms with Gasteiger partial charge in [-0.3, -0.25) is 14.6 Å². The first kappa shape index (κ1) is 22.9. The summed E-state index contributed by atoms with van der Waals surface area (Å²) >= 11 is 0. The first-order valence-electron chi connectivity index (χ1n) is 11.2. The van der Waals surface area contributed by atoms with E-state index in [1.807, 2.05) is 18.2 Å². The van der Waals surface area contributed by atoms with E-state index in [-0.39, 0.29) is 18.8 Å². The Kier molecular flexibility index (Phi) is 8.59. The van der Waals surface area contributed by atoms with Gasteiger partial charge in [0.05, 0.1) is 31.2 Å². The number of aromatic nitrogens is 1. The van der Waals surface area contributed by atoms with Crippen molar-refractivity contribution in [1.82, 2.24) is 9.88 Å². The molecule has 2 aromatic rings. The van der Waals surface area contributed by atoms with Crippen LogP contribution < -0.4 is 4.74 Å². The van der Waals surface area contributed by atoms with Crippen LogP contribution in [-0.4, -0.2) is 54.0 Å². The molecule has 0 saturated carbocycles. The molecule has 1 aromatic carbocycles. The van der Waals surface area contributed by atoms with Gasteiger partial charge in [0.15, 0.2) is 5.78 Å². The van der Waals surface area contributed by atoms with E-state index in [0.717, 1.165) is 18.7 Å². The molecule has 3 rings (SSSR count). The van der Waals surface area contributed by atoms with Gasteiger partial charge >= 0.3 is 5.97 Å². The van der Waals surface area contributed by atoms with Crippen molar-refractivity contribution in [3.8, 4) is 5.75 Å². The maximum absolute atomic E-state index is 13.1. The number of pyridine rings is 1. The number of Topliss-reactive ketones (excluding diaryl/α,β-unsaturated/α-hetero) is 1. The number of benzene rings is 1. The van der Waals surface area contributed by atoms with Gasteiger partial charge in [0, 0.05) is 24.3 Å². The quantitative estimate of drug-likeness (QED) is 0.305. The third kappa shape index (κ3) is 6.62. The Balaban J connectivity index is 1.58. The number of nitrogens with zero attached hydrogens (tertiary/aromatic N) is 2. The maximum Gasteiger partial charge on any atom is 0.306 e. The summed E-state index contributed by atoms with van der Waals surface area (Å²) in [5.74, 6) is -0.486. The second kappa shape index (κ2) is 11.6. The Morgan fingerprint density at radius 3 is 2.65 bits per heavy atom. The van der Waals surface area contributed by atoms with Crippen LogP contribution in [0.1, 0.15) is 61.5 Å². The fraction of sp³-hybridized carbons (Fsp3) is 0.480. The summed E-state index contributed by atoms with van der Waals surface area (Å²) in [6.45, 7) is 7.20. The van der Waals surface area contributed by atoms with Gasteiger partial charge in [-0.2, -0.15) is 0 Å². The summed E-state index contributed by atoms with van der Waals surface area (Å²) in [7, 11) is 0. The van der Waals surface area contributed by atoms with Crippen molar-refractivity contribution in [3.63, 3.8) is 0 Å². The molecule has 1 aliphatic heterocycles. The molecule has 2 atom stereocenters. The number of carbonyl (C=O) groups excluding carboxylic acids is 2. The van der Waals surface area contributed by atoms with Crippen LogP contribution in [0.3, 0.4) is 0 Å². The first-order chi connectivity index (χ1) is 15.1. The molecule has 6 nitrogen and oxygen atoms in total. The molecule has 0 N–H and O–H groups in total. The van der Waals surface area contributed by atoms with Gasteiger partial charge < -0.3 is 14.4 Å². The summed E-state index contributed by atoms with van der Waals surface area (Å²) < 4.78 is 10.9. The number of ether oxygens (including phenoxy) is 2. The molecule has 31 heavy (non-hydrogen) atoms. The standard InChI is InChI=1S/C25H32N2O4/c1-3-30-24(28)18-22(23-9-4-5-14-26-23)25(29)20-10-12-21(13-11-20)31-17-7-16-27-15-6-8-19(27)2/h4-5,9-14,19,22H,3,6-8,15-18H2,1-2H3. The van der Waals surface area contributed by atoms with Crippen molar-refractivity contribution in [1.29, 1.82) is 0 Å². The topological polar surface area (TPSA) is 68.7 Å². The number of likely N-dealkylation sites (tertiary alicyclic amines) is 1. The molecular formula is C25H32N2O4. The molecule has 0 spiro atoms. The Hall–Kier alpha value is -2.73. The molecule has 6 heteroatoms. The average Bonchev–Trinajstić information content (AvgIpc) is 3.20. The summed E-state index contributed by atoms with van der Waals surface area (Å²) in [5, 5.41) is 0. The SMILES string of the molecule is CCOC(=O)CC(C(=O)c1ccc(OCCCN2CCCC2C)cc1)c1ccccn1. The lowest BCUT2D eigenvalue weighted by Gasteiger charge is -2.20. The molecule has 1 fully saturated rings. The third-order valence-electron chi connectivity index (χ3n) is 5.73. The van der Waals surface area contributed by atoms with E-state index in [4.69, 9.17) is 9.47 Å². The highest BCUT2D eigenvalue weighted by Crippen LogP contribution is 2.25. The van der Waals surface area contributed by atoms with E-state index in [0.29, 0.717) is 23.9 Å². The van der Waals surface area contributed by atoms with Crippen molar-refractivity contribution in [2.75, 3.05) is 26.3 Å². The largest absolute Gasteiger partial charge is 0.494 e. The second-order valence-electron chi connectivity index (χ2n) is 7.93. The minimum absolute atomic E-state index is 0.0309. The van der Waals surface area contributed by atoms with Gasteiger partial charge in [-0.05, 0) is 76.1 Å². The maximum atomic E-state index is 13.1. The Morgan fingerprint density at radius 2 is 2.00 bits per heavy atom. The molecule has 0 radical (unpaired) electrons.